The molecule has 0 unspecified atom stereocenters. The van der Waals surface area contributed by atoms with E-state index < -0.39 is 0 Å². The molecule has 0 bridgehead atoms. The lowest BCUT2D eigenvalue weighted by atomic mass is 10.3. The number of ether oxygens (including phenoxy) is 1. The van der Waals surface area contributed by atoms with Crippen LogP contribution in [0.2, 0.25) is 0 Å². The zero-order valence-electron chi connectivity index (χ0n) is 9.60. The molecule has 0 aliphatic rings. The topological polar surface area (TPSA) is 21.3 Å². The summed E-state index contributed by atoms with van der Waals surface area (Å²) >= 11 is 6.95. The molecule has 0 atom stereocenters. The zero-order valence-corrected chi connectivity index (χ0v) is 12.8. The number of hydrogen-bond acceptors (Lipinski definition) is 2. The lowest BCUT2D eigenvalue weighted by Crippen LogP contribution is -2.00. The lowest BCUT2D eigenvalue weighted by Gasteiger charge is -2.10. The Balaban J connectivity index is 2.83. The highest BCUT2D eigenvalue weighted by Crippen LogP contribution is 2.34. The van der Waals surface area contributed by atoms with Gasteiger partial charge in [0.1, 0.15) is 5.75 Å². The monoisotopic (exact) mass is 347 g/mol. The van der Waals surface area contributed by atoms with E-state index in [0.29, 0.717) is 0 Å². The van der Waals surface area contributed by atoms with Gasteiger partial charge in [0.25, 0.3) is 0 Å². The molecule has 4 heteroatoms. The quantitative estimate of drug-likeness (QED) is 0.803. The first-order chi connectivity index (χ1) is 7.54. The second kappa shape index (κ2) is 6.30. The second-order valence-electron chi connectivity index (χ2n) is 3.63. The molecule has 1 rings (SSSR count). The van der Waals surface area contributed by atoms with E-state index in [1.165, 1.54) is 5.57 Å². The van der Waals surface area contributed by atoms with Crippen LogP contribution in [-0.4, -0.2) is 13.7 Å². The van der Waals surface area contributed by atoms with Crippen molar-refractivity contribution in [2.75, 3.05) is 19.0 Å². The fourth-order valence-electron chi connectivity index (χ4n) is 1.19. The highest BCUT2D eigenvalue weighted by atomic mass is 79.9. The molecule has 0 saturated carbocycles. The summed E-state index contributed by atoms with van der Waals surface area (Å²) in [5, 5.41) is 3.32. The van der Waals surface area contributed by atoms with Crippen LogP contribution in [0.15, 0.2) is 32.7 Å². The molecule has 0 heterocycles. The van der Waals surface area contributed by atoms with Crippen LogP contribution >= 0.6 is 31.9 Å². The molecule has 88 valence electrons. The minimum atomic E-state index is 0.811. The van der Waals surface area contributed by atoms with Gasteiger partial charge in [0.2, 0.25) is 0 Å². The van der Waals surface area contributed by atoms with Crippen LogP contribution in [-0.2, 0) is 0 Å². The van der Waals surface area contributed by atoms with Crippen LogP contribution in [0, 0.1) is 0 Å². The largest absolute Gasteiger partial charge is 0.495 e. The van der Waals surface area contributed by atoms with E-state index >= 15 is 0 Å². The Morgan fingerprint density at radius 2 is 2.00 bits per heavy atom. The first-order valence-electron chi connectivity index (χ1n) is 4.95. The summed E-state index contributed by atoms with van der Waals surface area (Å²) in [7, 11) is 1.66. The summed E-state index contributed by atoms with van der Waals surface area (Å²) in [4.78, 5) is 0. The molecule has 0 aliphatic heterocycles. The Labute approximate surface area is 113 Å². The third kappa shape index (κ3) is 3.83. The molecule has 0 fully saturated rings. The summed E-state index contributed by atoms with van der Waals surface area (Å²) in [5.74, 6) is 0.822. The van der Waals surface area contributed by atoms with Crippen LogP contribution in [0.4, 0.5) is 5.69 Å². The van der Waals surface area contributed by atoms with E-state index in [2.05, 4.69) is 57.1 Å². The molecule has 0 spiro atoms. The van der Waals surface area contributed by atoms with Gasteiger partial charge in [0, 0.05) is 17.1 Å². The number of anilines is 1. The maximum atomic E-state index is 5.24. The molecular formula is C12H15Br2NO. The molecule has 0 saturated heterocycles. The van der Waals surface area contributed by atoms with Crippen molar-refractivity contribution in [1.29, 1.82) is 0 Å². The number of methoxy groups -OCH3 is 1. The van der Waals surface area contributed by atoms with Gasteiger partial charge in [0.15, 0.2) is 0 Å². The van der Waals surface area contributed by atoms with Crippen LogP contribution in [0.3, 0.4) is 0 Å². The number of nitrogens with one attached hydrogen (secondary N) is 1. The lowest BCUT2D eigenvalue weighted by molar-refractivity contribution is 0.412. The van der Waals surface area contributed by atoms with Crippen LogP contribution in [0.5, 0.6) is 5.75 Å². The van der Waals surface area contributed by atoms with Gasteiger partial charge in [-0.05, 0) is 51.8 Å². The van der Waals surface area contributed by atoms with Gasteiger partial charge in [0.05, 0.1) is 17.3 Å². The first-order valence-corrected chi connectivity index (χ1v) is 6.53. The second-order valence-corrected chi connectivity index (χ2v) is 5.34. The predicted molar refractivity (Wildman–Crippen MR) is 76.3 cm³/mol. The molecule has 0 radical (unpaired) electrons. The third-order valence-electron chi connectivity index (χ3n) is 2.04. The number of hydrogen-bond donors (Lipinski definition) is 1. The van der Waals surface area contributed by atoms with Crippen molar-refractivity contribution in [1.82, 2.24) is 0 Å². The van der Waals surface area contributed by atoms with Crippen molar-refractivity contribution in [2.24, 2.45) is 0 Å². The molecule has 0 amide bonds. The van der Waals surface area contributed by atoms with Gasteiger partial charge in [-0.2, -0.15) is 0 Å². The minimum Gasteiger partial charge on any atom is -0.495 e. The summed E-state index contributed by atoms with van der Waals surface area (Å²) in [6.07, 6.45) is 2.14. The number of rotatable bonds is 4. The summed E-state index contributed by atoms with van der Waals surface area (Å²) in [6, 6.07) is 3.94. The van der Waals surface area contributed by atoms with Crippen LogP contribution in [0.1, 0.15) is 13.8 Å². The van der Waals surface area contributed by atoms with Crippen LogP contribution < -0.4 is 10.1 Å². The first kappa shape index (κ1) is 13.6. The van der Waals surface area contributed by atoms with Crippen molar-refractivity contribution >= 4 is 37.5 Å². The Morgan fingerprint density at radius 1 is 1.31 bits per heavy atom. The van der Waals surface area contributed by atoms with Gasteiger partial charge in [-0.15, -0.1) is 0 Å². The smallest absolute Gasteiger partial charge is 0.135 e. The molecule has 0 aliphatic carbocycles. The predicted octanol–water partition coefficient (Wildman–Crippen LogP) is 4.60. The van der Waals surface area contributed by atoms with Crippen molar-refractivity contribution in [3.63, 3.8) is 0 Å². The summed E-state index contributed by atoms with van der Waals surface area (Å²) in [5.41, 5.74) is 2.32. The van der Waals surface area contributed by atoms with Crippen molar-refractivity contribution in [2.45, 2.75) is 13.8 Å². The van der Waals surface area contributed by atoms with Gasteiger partial charge in [-0.1, -0.05) is 11.6 Å². The molecule has 0 aromatic heterocycles. The fourth-order valence-corrected chi connectivity index (χ4v) is 2.48. The van der Waals surface area contributed by atoms with Gasteiger partial charge < -0.3 is 10.1 Å². The molecule has 1 aromatic rings. The Hall–Kier alpha value is -0.480. The van der Waals surface area contributed by atoms with E-state index in [-0.39, 0.29) is 0 Å². The van der Waals surface area contributed by atoms with Crippen molar-refractivity contribution in [3.8, 4) is 5.75 Å². The van der Waals surface area contributed by atoms with Crippen LogP contribution in [0.25, 0.3) is 0 Å². The van der Waals surface area contributed by atoms with Gasteiger partial charge in [-0.25, -0.2) is 0 Å². The van der Waals surface area contributed by atoms with Crippen molar-refractivity contribution in [3.05, 3.63) is 32.7 Å². The molecule has 1 N–H and O–H groups in total. The highest BCUT2D eigenvalue weighted by Gasteiger charge is 2.05. The summed E-state index contributed by atoms with van der Waals surface area (Å²) < 4.78 is 7.20. The van der Waals surface area contributed by atoms with E-state index in [1.807, 2.05) is 12.1 Å². The fraction of sp³-hybridized carbons (Fsp3) is 0.333. The molecule has 1 aromatic carbocycles. The number of halogens is 2. The van der Waals surface area contributed by atoms with Gasteiger partial charge in [-0.3, -0.25) is 0 Å². The van der Waals surface area contributed by atoms with E-state index in [0.717, 1.165) is 26.9 Å². The Kier molecular flexibility index (Phi) is 5.35. The minimum absolute atomic E-state index is 0.811. The highest BCUT2D eigenvalue weighted by molar-refractivity contribution is 9.11. The maximum Gasteiger partial charge on any atom is 0.135 e. The Bertz CT molecular complexity index is 398. The van der Waals surface area contributed by atoms with Gasteiger partial charge >= 0.3 is 0 Å². The number of allylic oxidation sites excluding steroid dienone is 1. The molecule has 16 heavy (non-hydrogen) atoms. The summed E-state index contributed by atoms with van der Waals surface area (Å²) in [6.45, 7) is 4.98. The standard InChI is InChI=1S/C12H15Br2NO/c1-8(2)4-5-15-11-7-12(16-3)10(14)6-9(11)13/h4,6-7,15H,5H2,1-3H3. The normalized spacial score (nSPS) is 9.81. The average molecular weight is 349 g/mol. The SMILES string of the molecule is COc1cc(NCC=C(C)C)c(Br)cc1Br. The van der Waals surface area contributed by atoms with E-state index in [1.54, 1.807) is 7.11 Å². The Morgan fingerprint density at radius 3 is 2.56 bits per heavy atom. The molecule has 2 nitrogen and oxygen atoms in total. The van der Waals surface area contributed by atoms with E-state index in [9.17, 15) is 0 Å². The van der Waals surface area contributed by atoms with E-state index in [4.69, 9.17) is 4.74 Å². The maximum absolute atomic E-state index is 5.24. The molecular weight excluding hydrogens is 334 g/mol. The van der Waals surface area contributed by atoms with Crippen molar-refractivity contribution < 1.29 is 4.74 Å². The average Bonchev–Trinajstić information content (AvgIpc) is 2.20. The zero-order chi connectivity index (χ0) is 12.1. The third-order valence-corrected chi connectivity index (χ3v) is 3.32. The number of benzene rings is 1.